The molecular formula is C44H73N5O12. The lowest BCUT2D eigenvalue weighted by Gasteiger charge is -2.48. The predicted octanol–water partition coefficient (Wildman–Crippen LogP) is 3.87. The van der Waals surface area contributed by atoms with Crippen molar-refractivity contribution in [1.29, 1.82) is 0 Å². The van der Waals surface area contributed by atoms with Crippen molar-refractivity contribution in [2.45, 2.75) is 173 Å². The molecule has 2 saturated heterocycles. The van der Waals surface area contributed by atoms with E-state index in [-0.39, 0.29) is 43.1 Å². The minimum Gasteiger partial charge on any atom is -0.459 e. The summed E-state index contributed by atoms with van der Waals surface area (Å²) in [5.74, 6) is -5.15. The Labute approximate surface area is 361 Å². The third kappa shape index (κ3) is 12.3. The maximum atomic E-state index is 13.9. The fraction of sp³-hybridized carbons (Fsp3) is 0.795. The molecule has 15 atom stereocenters. The summed E-state index contributed by atoms with van der Waals surface area (Å²) in [5.41, 5.74) is 0.485. The van der Waals surface area contributed by atoms with Crippen molar-refractivity contribution in [2.75, 3.05) is 27.2 Å². The van der Waals surface area contributed by atoms with Gasteiger partial charge in [-0.2, -0.15) is 5.11 Å². The highest BCUT2D eigenvalue weighted by Gasteiger charge is 2.52. The van der Waals surface area contributed by atoms with E-state index in [0.717, 1.165) is 30.5 Å². The van der Waals surface area contributed by atoms with E-state index in [1.165, 1.54) is 27.9 Å². The standard InChI is InChI=1S/C44H73N5O12/c1-11-34-44(8,56)39(54)27(4)36(51)25(2)22-43(7,58-10)40(28(5)37(52)29(6)41(55)60-34)61-42-38(53)33(21-26(3)59-42)48(9)23-30-16-18-31(19-17-30)32-24-49(47-45-32)20-14-12-13-15-35(50)46-57/h16-19,25-29,32-34,37-40,42,52-54,56-57H,11-15,20-24H2,1-10H3,(H,46,50)/t25-,26-,27+,28+,29-,32?,33+,34-,37+,38-,39-,40-,42+,43-,44-/m1/s1. The van der Waals surface area contributed by atoms with Crippen molar-refractivity contribution in [3.8, 4) is 0 Å². The van der Waals surface area contributed by atoms with Gasteiger partial charge in [0.1, 0.15) is 29.6 Å². The van der Waals surface area contributed by atoms with Crippen LogP contribution in [0.1, 0.15) is 118 Å². The highest BCUT2D eigenvalue weighted by Crippen LogP contribution is 2.39. The first-order valence-corrected chi connectivity index (χ1v) is 21.9. The molecule has 4 rings (SSSR count). The van der Waals surface area contributed by atoms with Crippen LogP contribution in [0.4, 0.5) is 0 Å². The van der Waals surface area contributed by atoms with Gasteiger partial charge in [0.15, 0.2) is 6.29 Å². The van der Waals surface area contributed by atoms with Gasteiger partial charge in [-0.15, -0.1) is 0 Å². The lowest BCUT2D eigenvalue weighted by Crippen LogP contribution is -2.60. The minimum absolute atomic E-state index is 0.0879. The largest absolute Gasteiger partial charge is 0.459 e. The SMILES string of the molecule is CC[C@H]1OC(=O)[C@H](C)[C@@H](O)[C@H](C)[C@@H](O[C@@H]2O[C@H](C)C[C@H](N(C)Cc3ccc(C4CN(CCCCCC(=O)NO)N=N4)cc3)[C@H]2O)[C@](C)(OC)C[C@@H](C)C(=O)[C@H](C)[C@@H](O)[C@]1(C)O. The molecule has 3 heterocycles. The molecule has 346 valence electrons. The number of aliphatic hydroxyl groups is 4. The number of carbonyl (C=O) groups excluding carboxylic acids is 3. The van der Waals surface area contributed by atoms with E-state index in [0.29, 0.717) is 25.9 Å². The van der Waals surface area contributed by atoms with Crippen LogP contribution in [0.15, 0.2) is 34.6 Å². The Bertz CT molecular complexity index is 1620. The molecule has 1 amide bonds. The number of rotatable bonds is 14. The molecule has 1 aromatic rings. The zero-order chi connectivity index (χ0) is 45.4. The minimum atomic E-state index is -1.95. The summed E-state index contributed by atoms with van der Waals surface area (Å²) < 4.78 is 24.9. The summed E-state index contributed by atoms with van der Waals surface area (Å²) in [4.78, 5) is 40.7. The van der Waals surface area contributed by atoms with Gasteiger partial charge < -0.3 is 39.4 Å². The van der Waals surface area contributed by atoms with Crippen LogP contribution in [0.2, 0.25) is 0 Å². The van der Waals surface area contributed by atoms with Gasteiger partial charge in [0, 0.05) is 50.4 Å². The first-order chi connectivity index (χ1) is 28.7. The fourth-order valence-corrected chi connectivity index (χ4v) is 9.29. The number of methoxy groups -OCH3 is 1. The Balaban J connectivity index is 1.49. The Morgan fingerprint density at radius 1 is 1.02 bits per heavy atom. The van der Waals surface area contributed by atoms with Crippen molar-refractivity contribution in [2.24, 2.45) is 34.0 Å². The van der Waals surface area contributed by atoms with Crippen LogP contribution < -0.4 is 5.48 Å². The molecule has 2 fully saturated rings. The quantitative estimate of drug-likeness (QED) is 0.0675. The third-order valence-electron chi connectivity index (χ3n) is 13.4. The summed E-state index contributed by atoms with van der Waals surface area (Å²) in [6, 6.07) is 7.67. The number of amides is 1. The molecule has 3 aliphatic rings. The second-order valence-electron chi connectivity index (χ2n) is 18.3. The average Bonchev–Trinajstić information content (AvgIpc) is 3.72. The van der Waals surface area contributed by atoms with Crippen LogP contribution in [-0.4, -0.2) is 141 Å². The number of benzene rings is 1. The smallest absolute Gasteiger partial charge is 0.311 e. The molecule has 1 unspecified atom stereocenters. The zero-order valence-electron chi connectivity index (χ0n) is 37.8. The van der Waals surface area contributed by atoms with Crippen LogP contribution in [0.3, 0.4) is 0 Å². The lowest BCUT2D eigenvalue weighted by molar-refractivity contribution is -0.302. The monoisotopic (exact) mass is 864 g/mol. The van der Waals surface area contributed by atoms with E-state index in [9.17, 15) is 34.8 Å². The number of likely N-dealkylation sites (N-methyl/N-ethyl adjacent to an activating group) is 1. The summed E-state index contributed by atoms with van der Waals surface area (Å²) in [6.45, 7) is 15.1. The number of cyclic esters (lactones) is 1. The summed E-state index contributed by atoms with van der Waals surface area (Å²) in [5, 5.41) is 65.9. The predicted molar refractivity (Wildman–Crippen MR) is 224 cm³/mol. The number of ketones is 1. The summed E-state index contributed by atoms with van der Waals surface area (Å²) in [7, 11) is 3.41. The molecule has 6 N–H and O–H groups in total. The number of unbranched alkanes of at least 4 members (excludes halogenated alkanes) is 2. The Kier molecular flexibility index (Phi) is 18.2. The molecule has 17 nitrogen and oxygen atoms in total. The van der Waals surface area contributed by atoms with Crippen LogP contribution in [0, 0.1) is 23.7 Å². The maximum Gasteiger partial charge on any atom is 0.311 e. The van der Waals surface area contributed by atoms with Gasteiger partial charge in [0.2, 0.25) is 5.91 Å². The lowest BCUT2D eigenvalue weighted by atomic mass is 9.74. The molecule has 0 saturated carbocycles. The number of carbonyl (C=O) groups is 3. The van der Waals surface area contributed by atoms with Crippen molar-refractivity contribution in [3.05, 3.63) is 35.4 Å². The zero-order valence-corrected chi connectivity index (χ0v) is 37.8. The number of nitrogens with one attached hydrogen (secondary N) is 1. The van der Waals surface area contributed by atoms with Crippen molar-refractivity contribution in [3.63, 3.8) is 0 Å². The Morgan fingerprint density at radius 3 is 2.31 bits per heavy atom. The molecule has 0 spiro atoms. The second kappa shape index (κ2) is 22.0. The van der Waals surface area contributed by atoms with Crippen LogP contribution in [-0.2, 0) is 39.9 Å². The van der Waals surface area contributed by atoms with Crippen LogP contribution in [0.25, 0.3) is 0 Å². The highest BCUT2D eigenvalue weighted by atomic mass is 16.7. The van der Waals surface area contributed by atoms with E-state index in [1.54, 1.807) is 33.2 Å². The maximum absolute atomic E-state index is 13.9. The van der Waals surface area contributed by atoms with Crippen LogP contribution in [0.5, 0.6) is 0 Å². The van der Waals surface area contributed by atoms with Gasteiger partial charge in [-0.25, -0.2) is 5.48 Å². The number of ether oxygens (including phenoxy) is 4. The second-order valence-corrected chi connectivity index (χ2v) is 18.3. The first-order valence-electron chi connectivity index (χ1n) is 21.9. The number of esters is 1. The molecule has 17 heteroatoms. The normalized spacial score (nSPS) is 38.0. The number of nitrogens with zero attached hydrogens (tertiary/aromatic N) is 4. The molecule has 3 aliphatic heterocycles. The summed E-state index contributed by atoms with van der Waals surface area (Å²) in [6.07, 6.45) is -4.31. The molecule has 0 aliphatic carbocycles. The molecule has 0 aromatic heterocycles. The van der Waals surface area contributed by atoms with Gasteiger partial charge in [-0.3, -0.25) is 29.5 Å². The van der Waals surface area contributed by atoms with Crippen molar-refractivity contribution >= 4 is 17.7 Å². The van der Waals surface area contributed by atoms with Gasteiger partial charge in [0.05, 0.1) is 42.5 Å². The van der Waals surface area contributed by atoms with Gasteiger partial charge in [-0.05, 0) is 78.0 Å². The number of hydrogen-bond donors (Lipinski definition) is 6. The van der Waals surface area contributed by atoms with Gasteiger partial charge in [-0.1, -0.05) is 63.6 Å². The fourth-order valence-electron chi connectivity index (χ4n) is 9.29. The average molecular weight is 864 g/mol. The van der Waals surface area contributed by atoms with Crippen LogP contribution >= 0.6 is 0 Å². The van der Waals surface area contributed by atoms with Crippen molar-refractivity contribution in [1.82, 2.24) is 15.4 Å². The molecular weight excluding hydrogens is 791 g/mol. The van der Waals surface area contributed by atoms with Crippen molar-refractivity contribution < 1.29 is 59.0 Å². The molecule has 0 radical (unpaired) electrons. The van der Waals surface area contributed by atoms with Gasteiger partial charge >= 0.3 is 5.97 Å². The third-order valence-corrected chi connectivity index (χ3v) is 13.4. The summed E-state index contributed by atoms with van der Waals surface area (Å²) >= 11 is 0. The van der Waals surface area contributed by atoms with E-state index in [1.807, 2.05) is 43.2 Å². The molecule has 61 heavy (non-hydrogen) atoms. The van der Waals surface area contributed by atoms with E-state index >= 15 is 0 Å². The topological polar surface area (TPSA) is 233 Å². The number of hydroxylamine groups is 1. The molecule has 1 aromatic carbocycles. The highest BCUT2D eigenvalue weighted by molar-refractivity contribution is 5.83. The number of aliphatic hydroxyl groups excluding tert-OH is 3. The van der Waals surface area contributed by atoms with E-state index in [4.69, 9.17) is 24.2 Å². The Hall–Kier alpha value is -3.13. The van der Waals surface area contributed by atoms with E-state index < -0.39 is 83.7 Å². The van der Waals surface area contributed by atoms with Gasteiger partial charge in [0.25, 0.3) is 0 Å². The Morgan fingerprint density at radius 2 is 1.69 bits per heavy atom. The number of hydrogen-bond acceptors (Lipinski definition) is 16. The number of Topliss-reactive ketones (excluding diaryl/α,β-unsaturated/α-hetero) is 1. The molecule has 0 bridgehead atoms. The van der Waals surface area contributed by atoms with E-state index in [2.05, 4.69) is 15.2 Å². The first kappa shape index (κ1) is 50.5.